The van der Waals surface area contributed by atoms with Gasteiger partial charge < -0.3 is 15.1 Å². The van der Waals surface area contributed by atoms with E-state index in [2.05, 4.69) is 56.4 Å². The largest absolute Gasteiger partial charge is 0.372 e. The lowest BCUT2D eigenvalue weighted by atomic mass is 9.95. The average molecular weight is 435 g/mol. The molecule has 1 aliphatic rings. The zero-order valence-electron chi connectivity index (χ0n) is 19.4. The number of rotatable bonds is 8. The highest BCUT2D eigenvalue weighted by Gasteiger charge is 2.27. The molecule has 3 aromatic rings. The second-order valence-corrected chi connectivity index (χ2v) is 8.56. The van der Waals surface area contributed by atoms with E-state index in [1.165, 1.54) is 5.69 Å². The lowest BCUT2D eigenvalue weighted by molar-refractivity contribution is -0.125. The molecule has 1 aromatic carbocycles. The first kappa shape index (κ1) is 22.1. The second-order valence-electron chi connectivity index (χ2n) is 8.56. The van der Waals surface area contributed by atoms with Crippen molar-refractivity contribution in [3.8, 4) is 0 Å². The fourth-order valence-corrected chi connectivity index (χ4v) is 4.70. The summed E-state index contributed by atoms with van der Waals surface area (Å²) >= 11 is 0. The van der Waals surface area contributed by atoms with Gasteiger partial charge in [0.25, 0.3) is 0 Å². The molecule has 1 saturated heterocycles. The fraction of sp³-hybridized carbons (Fsp3) is 0.480. The second kappa shape index (κ2) is 10.0. The lowest BCUT2D eigenvalue weighted by Gasteiger charge is -2.32. The molecule has 170 valence electrons. The van der Waals surface area contributed by atoms with Crippen molar-refractivity contribution >= 4 is 28.3 Å². The molecular weight excluding hydrogens is 400 g/mol. The van der Waals surface area contributed by atoms with Gasteiger partial charge in [-0.2, -0.15) is 5.10 Å². The predicted octanol–water partition coefficient (Wildman–Crippen LogP) is 3.53. The molecule has 1 N–H and O–H groups in total. The number of piperidine rings is 1. The van der Waals surface area contributed by atoms with E-state index in [0.29, 0.717) is 0 Å². The van der Waals surface area contributed by atoms with Crippen LogP contribution in [0.4, 0.5) is 11.5 Å². The van der Waals surface area contributed by atoms with Crippen LogP contribution in [0.3, 0.4) is 0 Å². The van der Waals surface area contributed by atoms with Gasteiger partial charge in [-0.15, -0.1) is 0 Å². The van der Waals surface area contributed by atoms with Crippen molar-refractivity contribution in [1.82, 2.24) is 20.1 Å². The standard InChI is InChI=1S/C25H34N6O/c1-4-30(21-9-6-5-7-10-21)16-8-14-27-25(32)20-12-17-31(18-13-20)24-23-22(11-15-26-24)19(2)28-29(23)3/h5-7,9-11,15,20H,4,8,12-14,16-18H2,1-3H3,(H,27,32). The number of nitrogens with zero attached hydrogens (tertiary/aromatic N) is 5. The van der Waals surface area contributed by atoms with Gasteiger partial charge in [0.15, 0.2) is 5.82 Å². The molecule has 3 heterocycles. The van der Waals surface area contributed by atoms with Crippen LogP contribution in [-0.4, -0.2) is 53.4 Å². The SMILES string of the molecule is CCN(CCCNC(=O)C1CCN(c2nccc3c(C)nn(C)c23)CC1)c1ccccc1. The Kier molecular flexibility index (Phi) is 6.93. The molecule has 7 nitrogen and oxygen atoms in total. The van der Waals surface area contributed by atoms with Gasteiger partial charge in [0.2, 0.25) is 5.91 Å². The number of hydrogen-bond acceptors (Lipinski definition) is 5. The molecule has 0 saturated carbocycles. The summed E-state index contributed by atoms with van der Waals surface area (Å²) in [4.78, 5) is 22.0. The minimum atomic E-state index is 0.0788. The molecule has 0 aliphatic carbocycles. The highest BCUT2D eigenvalue weighted by Crippen LogP contribution is 2.29. The van der Waals surface area contributed by atoms with Crippen molar-refractivity contribution in [2.45, 2.75) is 33.1 Å². The average Bonchev–Trinajstić information content (AvgIpc) is 3.13. The Morgan fingerprint density at radius 3 is 2.66 bits per heavy atom. The number of anilines is 2. The van der Waals surface area contributed by atoms with Crippen molar-refractivity contribution in [2.75, 3.05) is 42.5 Å². The summed E-state index contributed by atoms with van der Waals surface area (Å²) in [7, 11) is 1.97. The highest BCUT2D eigenvalue weighted by atomic mass is 16.1. The van der Waals surface area contributed by atoms with Crippen molar-refractivity contribution < 1.29 is 4.79 Å². The van der Waals surface area contributed by atoms with Crippen molar-refractivity contribution in [3.63, 3.8) is 0 Å². The van der Waals surface area contributed by atoms with E-state index in [-0.39, 0.29) is 11.8 Å². The molecule has 0 unspecified atom stereocenters. The maximum absolute atomic E-state index is 12.7. The summed E-state index contributed by atoms with van der Waals surface area (Å²) in [6.07, 6.45) is 4.51. The number of para-hydroxylation sites is 1. The number of amides is 1. The fourth-order valence-electron chi connectivity index (χ4n) is 4.70. The predicted molar refractivity (Wildman–Crippen MR) is 130 cm³/mol. The van der Waals surface area contributed by atoms with Crippen LogP contribution in [0, 0.1) is 12.8 Å². The highest BCUT2D eigenvalue weighted by molar-refractivity contribution is 5.91. The Balaban J connectivity index is 1.25. The lowest BCUT2D eigenvalue weighted by Crippen LogP contribution is -2.41. The summed E-state index contributed by atoms with van der Waals surface area (Å²) in [6.45, 7) is 8.51. The first-order chi connectivity index (χ1) is 15.6. The Morgan fingerprint density at radius 2 is 1.94 bits per heavy atom. The van der Waals surface area contributed by atoms with E-state index in [1.807, 2.05) is 37.0 Å². The van der Waals surface area contributed by atoms with Crippen LogP contribution in [0.2, 0.25) is 0 Å². The number of hydrogen-bond donors (Lipinski definition) is 1. The van der Waals surface area contributed by atoms with E-state index in [9.17, 15) is 4.79 Å². The maximum Gasteiger partial charge on any atom is 0.223 e. The number of aromatic nitrogens is 3. The third-order valence-electron chi connectivity index (χ3n) is 6.49. The number of carbonyl (C=O) groups is 1. The van der Waals surface area contributed by atoms with Gasteiger partial charge in [-0.3, -0.25) is 9.48 Å². The van der Waals surface area contributed by atoms with Gasteiger partial charge in [-0.05, 0) is 51.3 Å². The van der Waals surface area contributed by atoms with Gasteiger partial charge in [-0.1, -0.05) is 18.2 Å². The van der Waals surface area contributed by atoms with Crippen LogP contribution in [0.5, 0.6) is 0 Å². The van der Waals surface area contributed by atoms with E-state index in [4.69, 9.17) is 0 Å². The van der Waals surface area contributed by atoms with E-state index in [1.54, 1.807) is 0 Å². The van der Waals surface area contributed by atoms with Gasteiger partial charge in [-0.25, -0.2) is 4.98 Å². The van der Waals surface area contributed by atoms with Gasteiger partial charge >= 0.3 is 0 Å². The topological polar surface area (TPSA) is 66.3 Å². The molecule has 4 rings (SSSR count). The van der Waals surface area contributed by atoms with Crippen molar-refractivity contribution in [2.24, 2.45) is 13.0 Å². The molecule has 32 heavy (non-hydrogen) atoms. The van der Waals surface area contributed by atoms with Gasteiger partial charge in [0.05, 0.1) is 5.69 Å². The quantitative estimate of drug-likeness (QED) is 0.550. The van der Waals surface area contributed by atoms with Crippen LogP contribution in [0.25, 0.3) is 10.9 Å². The van der Waals surface area contributed by atoms with E-state index in [0.717, 1.165) is 74.4 Å². The van der Waals surface area contributed by atoms with E-state index < -0.39 is 0 Å². The minimum absolute atomic E-state index is 0.0788. The summed E-state index contributed by atoms with van der Waals surface area (Å²) in [5.74, 6) is 1.25. The monoisotopic (exact) mass is 434 g/mol. The van der Waals surface area contributed by atoms with Crippen LogP contribution >= 0.6 is 0 Å². The first-order valence-corrected chi connectivity index (χ1v) is 11.7. The molecule has 0 atom stereocenters. The number of pyridine rings is 1. The smallest absolute Gasteiger partial charge is 0.223 e. The zero-order valence-corrected chi connectivity index (χ0v) is 19.4. The normalized spacial score (nSPS) is 14.7. The van der Waals surface area contributed by atoms with Crippen LogP contribution in [-0.2, 0) is 11.8 Å². The molecule has 0 spiro atoms. The Labute approximate surface area is 190 Å². The van der Waals surface area contributed by atoms with Crippen LogP contribution < -0.4 is 15.1 Å². The van der Waals surface area contributed by atoms with Crippen LogP contribution in [0.15, 0.2) is 42.6 Å². The number of aryl methyl sites for hydroxylation is 2. The van der Waals surface area contributed by atoms with Gasteiger partial charge in [0.1, 0.15) is 5.52 Å². The molecule has 1 aliphatic heterocycles. The Bertz CT molecular complexity index is 1040. The molecule has 1 amide bonds. The summed E-state index contributed by atoms with van der Waals surface area (Å²) in [6, 6.07) is 12.5. The summed E-state index contributed by atoms with van der Waals surface area (Å²) in [5.41, 5.74) is 3.34. The molecule has 7 heteroatoms. The van der Waals surface area contributed by atoms with Crippen molar-refractivity contribution in [1.29, 1.82) is 0 Å². The molecule has 0 radical (unpaired) electrons. The minimum Gasteiger partial charge on any atom is -0.372 e. The zero-order chi connectivity index (χ0) is 22.5. The van der Waals surface area contributed by atoms with Crippen molar-refractivity contribution in [3.05, 3.63) is 48.3 Å². The summed E-state index contributed by atoms with van der Waals surface area (Å²) in [5, 5.41) is 8.86. The third-order valence-corrected chi connectivity index (χ3v) is 6.49. The number of nitrogens with one attached hydrogen (secondary N) is 1. The Hall–Kier alpha value is -3.09. The molecule has 2 aromatic heterocycles. The molecule has 0 bridgehead atoms. The third kappa shape index (κ3) is 4.71. The van der Waals surface area contributed by atoms with E-state index >= 15 is 0 Å². The molecular formula is C25H34N6O. The molecule has 1 fully saturated rings. The van der Waals surface area contributed by atoms with Crippen LogP contribution in [0.1, 0.15) is 31.9 Å². The number of carbonyl (C=O) groups excluding carboxylic acids is 1. The number of fused-ring (bicyclic) bond motifs is 1. The number of benzene rings is 1. The Morgan fingerprint density at radius 1 is 1.19 bits per heavy atom. The first-order valence-electron chi connectivity index (χ1n) is 11.7. The summed E-state index contributed by atoms with van der Waals surface area (Å²) < 4.78 is 1.92. The van der Waals surface area contributed by atoms with Gasteiger partial charge in [0, 0.05) is 63.0 Å². The maximum atomic E-state index is 12.7.